The van der Waals surface area contributed by atoms with Crippen LogP contribution in [0.1, 0.15) is 27.2 Å². The Hall–Kier alpha value is -0.0800. The molecular formula is C8H19NO. The van der Waals surface area contributed by atoms with Gasteiger partial charge in [0.2, 0.25) is 0 Å². The minimum Gasteiger partial charge on any atom is -0.396 e. The summed E-state index contributed by atoms with van der Waals surface area (Å²) in [5.41, 5.74) is 5.67. The summed E-state index contributed by atoms with van der Waals surface area (Å²) in [5, 5.41) is 8.91. The van der Waals surface area contributed by atoms with Crippen molar-refractivity contribution in [3.63, 3.8) is 0 Å². The van der Waals surface area contributed by atoms with Crippen molar-refractivity contribution in [3.8, 4) is 0 Å². The maximum atomic E-state index is 8.91. The van der Waals surface area contributed by atoms with Crippen molar-refractivity contribution >= 4 is 0 Å². The van der Waals surface area contributed by atoms with E-state index in [0.717, 1.165) is 6.42 Å². The first-order chi connectivity index (χ1) is 4.58. The maximum absolute atomic E-state index is 8.91. The SMILES string of the molecule is CCC(C)(C)C(CN)CO. The Morgan fingerprint density at radius 3 is 2.10 bits per heavy atom. The van der Waals surface area contributed by atoms with Gasteiger partial charge in [0.25, 0.3) is 0 Å². The highest BCUT2D eigenvalue weighted by molar-refractivity contribution is 4.76. The van der Waals surface area contributed by atoms with Crippen molar-refractivity contribution in [2.24, 2.45) is 17.1 Å². The van der Waals surface area contributed by atoms with Crippen LogP contribution in [0.25, 0.3) is 0 Å². The molecule has 0 amide bonds. The lowest BCUT2D eigenvalue weighted by Gasteiger charge is -2.30. The van der Waals surface area contributed by atoms with Crippen molar-refractivity contribution in [1.82, 2.24) is 0 Å². The first-order valence-corrected chi connectivity index (χ1v) is 3.89. The number of aliphatic hydroxyl groups excluding tert-OH is 1. The van der Waals surface area contributed by atoms with E-state index in [1.54, 1.807) is 0 Å². The van der Waals surface area contributed by atoms with Crippen molar-refractivity contribution < 1.29 is 5.11 Å². The number of hydrogen-bond acceptors (Lipinski definition) is 2. The zero-order valence-electron chi connectivity index (χ0n) is 7.22. The molecular weight excluding hydrogens is 126 g/mol. The number of hydrogen-bond donors (Lipinski definition) is 2. The van der Waals surface area contributed by atoms with Crippen LogP contribution in [0.5, 0.6) is 0 Å². The van der Waals surface area contributed by atoms with Crippen molar-refractivity contribution in [2.45, 2.75) is 27.2 Å². The van der Waals surface area contributed by atoms with Gasteiger partial charge in [-0.25, -0.2) is 0 Å². The molecule has 2 heteroatoms. The van der Waals surface area contributed by atoms with E-state index in [1.165, 1.54) is 0 Å². The minimum absolute atomic E-state index is 0.184. The topological polar surface area (TPSA) is 46.2 Å². The molecule has 10 heavy (non-hydrogen) atoms. The van der Waals surface area contributed by atoms with Crippen LogP contribution in [0.2, 0.25) is 0 Å². The van der Waals surface area contributed by atoms with Crippen LogP contribution >= 0.6 is 0 Å². The molecule has 0 saturated heterocycles. The third-order valence-electron chi connectivity index (χ3n) is 2.52. The Bertz CT molecular complexity index is 87.3. The van der Waals surface area contributed by atoms with Crippen LogP contribution in [-0.2, 0) is 0 Å². The lowest BCUT2D eigenvalue weighted by Crippen LogP contribution is -2.32. The van der Waals surface area contributed by atoms with E-state index >= 15 is 0 Å². The van der Waals surface area contributed by atoms with Gasteiger partial charge in [-0.05, 0) is 17.9 Å². The summed E-state index contributed by atoms with van der Waals surface area (Å²) in [6, 6.07) is 0. The smallest absolute Gasteiger partial charge is 0.0476 e. The van der Waals surface area contributed by atoms with E-state index in [-0.39, 0.29) is 17.9 Å². The fraction of sp³-hybridized carbons (Fsp3) is 1.00. The van der Waals surface area contributed by atoms with E-state index in [0.29, 0.717) is 6.54 Å². The molecule has 3 N–H and O–H groups in total. The molecule has 1 unspecified atom stereocenters. The predicted molar refractivity (Wildman–Crippen MR) is 43.7 cm³/mol. The summed E-state index contributed by atoms with van der Waals surface area (Å²) in [6.45, 7) is 7.19. The largest absolute Gasteiger partial charge is 0.396 e. The lowest BCUT2D eigenvalue weighted by atomic mass is 9.77. The normalized spacial score (nSPS) is 15.3. The second-order valence-corrected chi connectivity index (χ2v) is 3.46. The van der Waals surface area contributed by atoms with Gasteiger partial charge < -0.3 is 10.8 Å². The Morgan fingerprint density at radius 2 is 2.00 bits per heavy atom. The second-order valence-electron chi connectivity index (χ2n) is 3.46. The number of aliphatic hydroxyl groups is 1. The fourth-order valence-corrected chi connectivity index (χ4v) is 0.929. The van der Waals surface area contributed by atoms with Crippen LogP contribution in [0.15, 0.2) is 0 Å². The summed E-state index contributed by atoms with van der Waals surface area (Å²) in [6.07, 6.45) is 1.06. The molecule has 0 aromatic heterocycles. The van der Waals surface area contributed by atoms with Crippen LogP contribution < -0.4 is 5.73 Å². The summed E-state index contributed by atoms with van der Waals surface area (Å²) in [5.74, 6) is 0.248. The molecule has 62 valence electrons. The van der Waals surface area contributed by atoms with Gasteiger partial charge in [-0.15, -0.1) is 0 Å². The highest BCUT2D eigenvalue weighted by atomic mass is 16.3. The highest BCUT2D eigenvalue weighted by Crippen LogP contribution is 2.28. The third-order valence-corrected chi connectivity index (χ3v) is 2.52. The fourth-order valence-electron chi connectivity index (χ4n) is 0.929. The van der Waals surface area contributed by atoms with E-state index in [2.05, 4.69) is 20.8 Å². The van der Waals surface area contributed by atoms with Crippen LogP contribution in [0.4, 0.5) is 0 Å². The van der Waals surface area contributed by atoms with Crippen LogP contribution in [0, 0.1) is 11.3 Å². The summed E-state index contributed by atoms with van der Waals surface area (Å²) in [7, 11) is 0. The van der Waals surface area contributed by atoms with Crippen LogP contribution in [0.3, 0.4) is 0 Å². The Balaban J connectivity index is 3.97. The zero-order valence-corrected chi connectivity index (χ0v) is 7.22. The number of nitrogens with two attached hydrogens (primary N) is 1. The average Bonchev–Trinajstić information content (AvgIpc) is 1.90. The Labute approximate surface area is 63.4 Å². The predicted octanol–water partition coefficient (Wildman–Crippen LogP) is 0.990. The quantitative estimate of drug-likeness (QED) is 0.619. The van der Waals surface area contributed by atoms with Crippen molar-refractivity contribution in [2.75, 3.05) is 13.2 Å². The summed E-state index contributed by atoms with van der Waals surface area (Å²) >= 11 is 0. The van der Waals surface area contributed by atoms with Crippen LogP contribution in [-0.4, -0.2) is 18.3 Å². The molecule has 0 saturated carbocycles. The molecule has 1 atom stereocenters. The molecule has 0 heterocycles. The van der Waals surface area contributed by atoms with E-state index in [4.69, 9.17) is 10.8 Å². The second kappa shape index (κ2) is 3.94. The molecule has 0 aromatic rings. The third kappa shape index (κ3) is 2.27. The Kier molecular flexibility index (Phi) is 3.91. The first kappa shape index (κ1) is 9.92. The van der Waals surface area contributed by atoms with Gasteiger partial charge in [0.15, 0.2) is 0 Å². The molecule has 0 aliphatic rings. The number of rotatable bonds is 4. The van der Waals surface area contributed by atoms with E-state index < -0.39 is 0 Å². The van der Waals surface area contributed by atoms with E-state index in [9.17, 15) is 0 Å². The van der Waals surface area contributed by atoms with Gasteiger partial charge >= 0.3 is 0 Å². The average molecular weight is 145 g/mol. The monoisotopic (exact) mass is 145 g/mol. The standard InChI is InChI=1S/C8H19NO/c1-4-8(2,3)7(5-9)6-10/h7,10H,4-6,9H2,1-3H3. The highest BCUT2D eigenvalue weighted by Gasteiger charge is 2.25. The van der Waals surface area contributed by atoms with Gasteiger partial charge in [0.1, 0.15) is 0 Å². The van der Waals surface area contributed by atoms with Gasteiger partial charge in [0.05, 0.1) is 0 Å². The Morgan fingerprint density at radius 1 is 1.50 bits per heavy atom. The molecule has 2 nitrogen and oxygen atoms in total. The molecule has 0 spiro atoms. The molecule has 0 fully saturated rings. The molecule has 0 rings (SSSR count). The molecule has 0 aliphatic heterocycles. The maximum Gasteiger partial charge on any atom is 0.0476 e. The zero-order chi connectivity index (χ0) is 8.20. The molecule has 0 radical (unpaired) electrons. The minimum atomic E-state index is 0.184. The van der Waals surface area contributed by atoms with E-state index in [1.807, 2.05) is 0 Å². The van der Waals surface area contributed by atoms with Gasteiger partial charge in [-0.3, -0.25) is 0 Å². The van der Waals surface area contributed by atoms with Gasteiger partial charge in [-0.2, -0.15) is 0 Å². The summed E-state index contributed by atoms with van der Waals surface area (Å²) in [4.78, 5) is 0. The molecule has 0 aliphatic carbocycles. The van der Waals surface area contributed by atoms with Gasteiger partial charge in [0, 0.05) is 6.61 Å². The van der Waals surface area contributed by atoms with Gasteiger partial charge in [-0.1, -0.05) is 27.2 Å². The molecule has 0 bridgehead atoms. The lowest BCUT2D eigenvalue weighted by molar-refractivity contribution is 0.119. The first-order valence-electron chi connectivity index (χ1n) is 3.89. The summed E-state index contributed by atoms with van der Waals surface area (Å²) < 4.78 is 0. The van der Waals surface area contributed by atoms with Crippen molar-refractivity contribution in [3.05, 3.63) is 0 Å². The molecule has 0 aromatic carbocycles. The van der Waals surface area contributed by atoms with Crippen molar-refractivity contribution in [1.29, 1.82) is 0 Å².